The van der Waals surface area contributed by atoms with Crippen molar-refractivity contribution in [1.82, 2.24) is 9.62 Å². The van der Waals surface area contributed by atoms with Crippen LogP contribution in [0.3, 0.4) is 0 Å². The summed E-state index contributed by atoms with van der Waals surface area (Å²) in [5.41, 5.74) is 0. The van der Waals surface area contributed by atoms with Crippen molar-refractivity contribution in [2.75, 3.05) is 40.5 Å². The molecule has 0 spiro atoms. The highest BCUT2D eigenvalue weighted by atomic mass is 32.2. The summed E-state index contributed by atoms with van der Waals surface area (Å²) in [6.45, 7) is 1.03. The molecule has 1 aliphatic rings. The Hall–Kier alpha value is -1.84. The fourth-order valence-electron chi connectivity index (χ4n) is 2.92. The number of nitrogens with zero attached hydrogens (tertiary/aromatic N) is 1. The van der Waals surface area contributed by atoms with E-state index in [1.807, 2.05) is 0 Å². The van der Waals surface area contributed by atoms with Crippen LogP contribution in [0.2, 0.25) is 0 Å². The SMILES string of the molecule is COc1ccc(S(=O)(=O)N2CCC(C(=O)NCCCO)CC2)cc1OC. The normalized spacial score (nSPS) is 16.3. The van der Waals surface area contributed by atoms with Gasteiger partial charge in [-0.1, -0.05) is 0 Å². The molecule has 1 aromatic carbocycles. The molecule has 1 saturated heterocycles. The first kappa shape index (κ1) is 20.5. The lowest BCUT2D eigenvalue weighted by Gasteiger charge is -2.30. The van der Waals surface area contributed by atoms with Crippen LogP contribution in [0.25, 0.3) is 0 Å². The topological polar surface area (TPSA) is 105 Å². The molecular weight excluding hydrogens is 360 g/mol. The van der Waals surface area contributed by atoms with Gasteiger partial charge in [-0.2, -0.15) is 4.31 Å². The average Bonchev–Trinajstić information content (AvgIpc) is 2.67. The van der Waals surface area contributed by atoms with Crippen LogP contribution in [0.1, 0.15) is 19.3 Å². The van der Waals surface area contributed by atoms with Gasteiger partial charge in [0.05, 0.1) is 19.1 Å². The maximum absolute atomic E-state index is 12.8. The molecular formula is C17H26N2O6S. The van der Waals surface area contributed by atoms with E-state index in [2.05, 4.69) is 5.32 Å². The van der Waals surface area contributed by atoms with E-state index < -0.39 is 10.0 Å². The number of methoxy groups -OCH3 is 2. The number of sulfonamides is 1. The van der Waals surface area contributed by atoms with Crippen LogP contribution in [0.5, 0.6) is 11.5 Å². The minimum Gasteiger partial charge on any atom is -0.493 e. The number of amides is 1. The molecule has 0 bridgehead atoms. The van der Waals surface area contributed by atoms with E-state index in [1.54, 1.807) is 6.07 Å². The number of benzene rings is 1. The second-order valence-electron chi connectivity index (χ2n) is 6.06. The predicted octanol–water partition coefficient (Wildman–Crippen LogP) is 0.603. The first-order chi connectivity index (χ1) is 12.4. The van der Waals surface area contributed by atoms with Gasteiger partial charge < -0.3 is 19.9 Å². The third-order valence-corrected chi connectivity index (χ3v) is 6.35. The monoisotopic (exact) mass is 386 g/mol. The molecule has 2 rings (SSSR count). The van der Waals surface area contributed by atoms with Crippen molar-refractivity contribution in [2.24, 2.45) is 5.92 Å². The largest absolute Gasteiger partial charge is 0.493 e. The molecule has 1 fully saturated rings. The van der Waals surface area contributed by atoms with Gasteiger partial charge in [0.2, 0.25) is 15.9 Å². The highest BCUT2D eigenvalue weighted by Gasteiger charge is 2.32. The van der Waals surface area contributed by atoms with E-state index in [0.29, 0.717) is 37.3 Å². The van der Waals surface area contributed by atoms with Gasteiger partial charge in [-0.05, 0) is 31.4 Å². The van der Waals surface area contributed by atoms with Crippen LogP contribution >= 0.6 is 0 Å². The summed E-state index contributed by atoms with van der Waals surface area (Å²) in [6.07, 6.45) is 1.45. The van der Waals surface area contributed by atoms with Gasteiger partial charge >= 0.3 is 0 Å². The molecule has 0 aromatic heterocycles. The molecule has 26 heavy (non-hydrogen) atoms. The molecule has 0 aliphatic carbocycles. The number of hydrogen-bond acceptors (Lipinski definition) is 6. The van der Waals surface area contributed by atoms with E-state index in [1.165, 1.54) is 30.7 Å². The number of piperidine rings is 1. The second-order valence-corrected chi connectivity index (χ2v) is 8.00. The van der Waals surface area contributed by atoms with Crippen LogP contribution < -0.4 is 14.8 Å². The van der Waals surface area contributed by atoms with Crippen molar-refractivity contribution < 1.29 is 27.8 Å². The minimum absolute atomic E-state index is 0.0301. The fourth-order valence-corrected chi connectivity index (χ4v) is 4.41. The summed E-state index contributed by atoms with van der Waals surface area (Å²) < 4.78 is 37.4. The molecule has 2 N–H and O–H groups in total. The lowest BCUT2D eigenvalue weighted by Crippen LogP contribution is -2.43. The molecule has 8 nitrogen and oxygen atoms in total. The maximum atomic E-state index is 12.8. The Balaban J connectivity index is 2.02. The molecule has 1 heterocycles. The highest BCUT2D eigenvalue weighted by molar-refractivity contribution is 7.89. The Kier molecular flexibility index (Phi) is 7.24. The summed E-state index contributed by atoms with van der Waals surface area (Å²) in [4.78, 5) is 12.2. The Bertz CT molecular complexity index is 714. The van der Waals surface area contributed by atoms with Crippen LogP contribution in [-0.2, 0) is 14.8 Å². The van der Waals surface area contributed by atoms with Gasteiger partial charge in [-0.25, -0.2) is 8.42 Å². The van der Waals surface area contributed by atoms with Crippen molar-refractivity contribution in [1.29, 1.82) is 0 Å². The Morgan fingerprint density at radius 2 is 1.88 bits per heavy atom. The minimum atomic E-state index is -3.66. The molecule has 1 aliphatic heterocycles. The number of carbonyl (C=O) groups is 1. The van der Waals surface area contributed by atoms with Gasteiger partial charge in [-0.15, -0.1) is 0 Å². The van der Waals surface area contributed by atoms with E-state index in [9.17, 15) is 13.2 Å². The lowest BCUT2D eigenvalue weighted by molar-refractivity contribution is -0.126. The van der Waals surface area contributed by atoms with Crippen LogP contribution in [0, 0.1) is 5.92 Å². The van der Waals surface area contributed by atoms with Crippen molar-refractivity contribution in [3.63, 3.8) is 0 Å². The second kappa shape index (κ2) is 9.20. The predicted molar refractivity (Wildman–Crippen MR) is 95.7 cm³/mol. The smallest absolute Gasteiger partial charge is 0.243 e. The Labute approximate surface area is 154 Å². The maximum Gasteiger partial charge on any atom is 0.243 e. The Morgan fingerprint density at radius 3 is 2.46 bits per heavy atom. The van der Waals surface area contributed by atoms with Crippen LogP contribution in [0.15, 0.2) is 23.1 Å². The third-order valence-electron chi connectivity index (χ3n) is 4.45. The zero-order valence-electron chi connectivity index (χ0n) is 15.1. The van der Waals surface area contributed by atoms with Crippen LogP contribution in [-0.4, -0.2) is 64.2 Å². The van der Waals surface area contributed by atoms with Gasteiger partial charge in [0.25, 0.3) is 0 Å². The van der Waals surface area contributed by atoms with Gasteiger partial charge in [0, 0.05) is 38.2 Å². The van der Waals surface area contributed by atoms with Crippen molar-refractivity contribution in [2.45, 2.75) is 24.2 Å². The van der Waals surface area contributed by atoms with Crippen molar-refractivity contribution in [3.05, 3.63) is 18.2 Å². The summed E-state index contributed by atoms with van der Waals surface area (Å²) in [5.74, 6) is 0.531. The highest BCUT2D eigenvalue weighted by Crippen LogP contribution is 2.31. The standard InChI is InChI=1S/C17H26N2O6S/c1-24-15-5-4-14(12-16(15)25-2)26(22,23)19-9-6-13(7-10-19)17(21)18-8-3-11-20/h4-5,12-13,20H,3,6-11H2,1-2H3,(H,18,21). The van der Waals surface area contributed by atoms with E-state index in [-0.39, 0.29) is 36.4 Å². The van der Waals surface area contributed by atoms with Crippen LogP contribution in [0.4, 0.5) is 0 Å². The average molecular weight is 386 g/mol. The zero-order valence-corrected chi connectivity index (χ0v) is 15.9. The summed E-state index contributed by atoms with van der Waals surface area (Å²) in [6, 6.07) is 4.50. The Morgan fingerprint density at radius 1 is 1.23 bits per heavy atom. The number of nitrogens with one attached hydrogen (secondary N) is 1. The number of aliphatic hydroxyl groups is 1. The molecule has 1 aromatic rings. The summed E-state index contributed by atoms with van der Waals surface area (Å²) in [5, 5.41) is 11.5. The summed E-state index contributed by atoms with van der Waals surface area (Å²) >= 11 is 0. The molecule has 9 heteroatoms. The van der Waals surface area contributed by atoms with Gasteiger partial charge in [0.15, 0.2) is 11.5 Å². The van der Waals surface area contributed by atoms with Crippen molar-refractivity contribution >= 4 is 15.9 Å². The first-order valence-electron chi connectivity index (χ1n) is 8.54. The molecule has 0 unspecified atom stereocenters. The lowest BCUT2D eigenvalue weighted by atomic mass is 9.97. The van der Waals surface area contributed by atoms with Crippen molar-refractivity contribution in [3.8, 4) is 11.5 Å². The number of rotatable bonds is 8. The number of ether oxygens (including phenoxy) is 2. The van der Waals surface area contributed by atoms with E-state index in [4.69, 9.17) is 14.6 Å². The van der Waals surface area contributed by atoms with Gasteiger partial charge in [-0.3, -0.25) is 4.79 Å². The molecule has 0 radical (unpaired) electrons. The number of hydrogen-bond donors (Lipinski definition) is 2. The molecule has 146 valence electrons. The molecule has 1 amide bonds. The number of carbonyl (C=O) groups excluding carboxylic acids is 1. The van der Waals surface area contributed by atoms with E-state index in [0.717, 1.165) is 0 Å². The summed E-state index contributed by atoms with van der Waals surface area (Å²) in [7, 11) is -0.715. The quantitative estimate of drug-likeness (QED) is 0.634. The third kappa shape index (κ3) is 4.66. The number of aliphatic hydroxyl groups excluding tert-OH is 1. The van der Waals surface area contributed by atoms with E-state index >= 15 is 0 Å². The molecule has 0 saturated carbocycles. The zero-order chi connectivity index (χ0) is 19.2. The van der Waals surface area contributed by atoms with Gasteiger partial charge in [0.1, 0.15) is 0 Å². The first-order valence-corrected chi connectivity index (χ1v) is 9.98. The molecule has 0 atom stereocenters. The fraction of sp³-hybridized carbons (Fsp3) is 0.588.